The molecule has 1 amide bonds. The summed E-state index contributed by atoms with van der Waals surface area (Å²) in [6.07, 6.45) is 3.65. The van der Waals surface area contributed by atoms with Gasteiger partial charge in [-0.25, -0.2) is 4.98 Å². The molecule has 2 aromatic heterocycles. The predicted octanol–water partition coefficient (Wildman–Crippen LogP) is 4.32. The van der Waals surface area contributed by atoms with Crippen LogP contribution in [0.15, 0.2) is 78.0 Å². The van der Waals surface area contributed by atoms with Gasteiger partial charge < -0.3 is 0 Å². The van der Waals surface area contributed by atoms with Gasteiger partial charge in [-0.2, -0.15) is 5.10 Å². The number of amides is 1. The van der Waals surface area contributed by atoms with E-state index < -0.39 is 0 Å². The maximum atomic E-state index is 13.0. The van der Waals surface area contributed by atoms with Crippen LogP contribution in [-0.2, 0) is 11.3 Å². The molecule has 0 unspecified atom stereocenters. The molecule has 136 valence electrons. The van der Waals surface area contributed by atoms with Gasteiger partial charge in [0.25, 0.3) is 0 Å². The molecule has 4 rings (SSSR count). The molecule has 0 aliphatic carbocycles. The van der Waals surface area contributed by atoms with E-state index in [0.29, 0.717) is 18.8 Å². The summed E-state index contributed by atoms with van der Waals surface area (Å²) in [5.74, 6) is 0.425. The van der Waals surface area contributed by atoms with Crippen LogP contribution in [0.25, 0.3) is 10.2 Å². The number of thiazole rings is 1. The van der Waals surface area contributed by atoms with Crippen LogP contribution in [0, 0.1) is 0 Å². The topological polar surface area (TPSA) is 51.0 Å². The van der Waals surface area contributed by atoms with E-state index in [-0.39, 0.29) is 5.91 Å². The number of carbonyl (C=O) groups is 1. The summed E-state index contributed by atoms with van der Waals surface area (Å²) in [5.41, 5.74) is 0.921. The molecule has 0 aliphatic heterocycles. The Labute approximate surface area is 165 Å². The molecule has 0 spiro atoms. The third kappa shape index (κ3) is 4.37. The standard InChI is InChI=1S/C20H18N4OS2/c25-19(15-26-16-7-2-1-3-8-16)24(14-13-23-12-6-11-21-23)20-22-17-9-4-5-10-18(17)27-20/h1-12H,13-15H2. The van der Waals surface area contributed by atoms with E-state index >= 15 is 0 Å². The number of para-hydroxylation sites is 1. The molecule has 7 heteroatoms. The average Bonchev–Trinajstić information content (AvgIpc) is 3.37. The van der Waals surface area contributed by atoms with Crippen LogP contribution in [0.2, 0.25) is 0 Å². The number of fused-ring (bicyclic) bond motifs is 1. The maximum Gasteiger partial charge on any atom is 0.239 e. The van der Waals surface area contributed by atoms with Crippen LogP contribution in [0.3, 0.4) is 0 Å². The minimum atomic E-state index is 0.0510. The van der Waals surface area contributed by atoms with Crippen molar-refractivity contribution in [2.24, 2.45) is 0 Å². The zero-order chi connectivity index (χ0) is 18.5. The smallest absolute Gasteiger partial charge is 0.239 e. The molecule has 4 aromatic rings. The van der Waals surface area contributed by atoms with E-state index in [4.69, 9.17) is 0 Å². The number of benzene rings is 2. The van der Waals surface area contributed by atoms with E-state index in [1.54, 1.807) is 34.2 Å². The van der Waals surface area contributed by atoms with E-state index in [9.17, 15) is 4.79 Å². The van der Waals surface area contributed by atoms with Gasteiger partial charge in [0.2, 0.25) is 5.91 Å². The molecule has 0 N–H and O–H groups in total. The number of anilines is 1. The molecule has 5 nitrogen and oxygen atoms in total. The van der Waals surface area contributed by atoms with E-state index in [1.807, 2.05) is 71.5 Å². The molecule has 2 heterocycles. The summed E-state index contributed by atoms with van der Waals surface area (Å²) in [6, 6.07) is 19.8. The predicted molar refractivity (Wildman–Crippen MR) is 111 cm³/mol. The van der Waals surface area contributed by atoms with Crippen molar-refractivity contribution >= 4 is 44.4 Å². The fraction of sp³-hybridized carbons (Fsp3) is 0.150. The fourth-order valence-corrected chi connectivity index (χ4v) is 4.48. The van der Waals surface area contributed by atoms with Gasteiger partial charge in [0.05, 0.1) is 22.5 Å². The van der Waals surface area contributed by atoms with Crippen molar-refractivity contribution in [1.82, 2.24) is 14.8 Å². The van der Waals surface area contributed by atoms with Gasteiger partial charge in [0.1, 0.15) is 0 Å². The number of nitrogens with zero attached hydrogens (tertiary/aromatic N) is 4. The molecule has 0 atom stereocenters. The summed E-state index contributed by atoms with van der Waals surface area (Å²) in [4.78, 5) is 20.5. The van der Waals surface area contributed by atoms with Crippen molar-refractivity contribution in [2.75, 3.05) is 17.2 Å². The maximum absolute atomic E-state index is 13.0. The zero-order valence-corrected chi connectivity index (χ0v) is 16.2. The number of rotatable bonds is 7. The Morgan fingerprint density at radius 2 is 1.89 bits per heavy atom. The van der Waals surface area contributed by atoms with E-state index in [0.717, 1.165) is 20.2 Å². The van der Waals surface area contributed by atoms with Crippen LogP contribution in [0.1, 0.15) is 0 Å². The minimum absolute atomic E-state index is 0.0510. The average molecular weight is 395 g/mol. The lowest BCUT2D eigenvalue weighted by Crippen LogP contribution is -2.35. The van der Waals surface area contributed by atoms with Crippen molar-refractivity contribution < 1.29 is 4.79 Å². The number of carbonyl (C=O) groups excluding carboxylic acids is 1. The molecule has 0 radical (unpaired) electrons. The van der Waals surface area contributed by atoms with Crippen molar-refractivity contribution in [2.45, 2.75) is 11.4 Å². The van der Waals surface area contributed by atoms with Crippen molar-refractivity contribution in [1.29, 1.82) is 0 Å². The molecule has 0 saturated heterocycles. The monoisotopic (exact) mass is 394 g/mol. The summed E-state index contributed by atoms with van der Waals surface area (Å²) in [5, 5.41) is 4.97. The first-order valence-electron chi connectivity index (χ1n) is 8.61. The van der Waals surface area contributed by atoms with Gasteiger partial charge in [-0.05, 0) is 30.3 Å². The van der Waals surface area contributed by atoms with E-state index in [2.05, 4.69) is 10.1 Å². The Morgan fingerprint density at radius 1 is 1.07 bits per heavy atom. The third-order valence-corrected chi connectivity index (χ3v) is 6.09. The van der Waals surface area contributed by atoms with Gasteiger partial charge >= 0.3 is 0 Å². The second-order valence-corrected chi connectivity index (χ2v) is 7.94. The Hall–Kier alpha value is -2.64. The van der Waals surface area contributed by atoms with Gasteiger partial charge in [-0.15, -0.1) is 11.8 Å². The highest BCUT2D eigenvalue weighted by Crippen LogP contribution is 2.29. The van der Waals surface area contributed by atoms with Crippen LogP contribution >= 0.6 is 23.1 Å². The molecule has 0 saturated carbocycles. The Bertz CT molecular complexity index is 982. The second-order valence-electron chi connectivity index (χ2n) is 5.88. The third-order valence-electron chi connectivity index (χ3n) is 4.03. The summed E-state index contributed by atoms with van der Waals surface area (Å²) >= 11 is 3.09. The van der Waals surface area contributed by atoms with Crippen molar-refractivity contribution in [3.63, 3.8) is 0 Å². The first kappa shape index (κ1) is 17.8. The molecule has 0 bridgehead atoms. The first-order chi connectivity index (χ1) is 13.3. The lowest BCUT2D eigenvalue weighted by atomic mass is 10.3. The highest BCUT2D eigenvalue weighted by molar-refractivity contribution is 8.00. The van der Waals surface area contributed by atoms with Gasteiger partial charge in [0, 0.05) is 23.8 Å². The van der Waals surface area contributed by atoms with Crippen LogP contribution in [0.5, 0.6) is 0 Å². The minimum Gasteiger partial charge on any atom is -0.285 e. The lowest BCUT2D eigenvalue weighted by molar-refractivity contribution is -0.116. The van der Waals surface area contributed by atoms with Crippen molar-refractivity contribution in [3.8, 4) is 0 Å². The quantitative estimate of drug-likeness (QED) is 0.438. The van der Waals surface area contributed by atoms with Crippen LogP contribution in [-0.4, -0.2) is 33.0 Å². The van der Waals surface area contributed by atoms with E-state index in [1.165, 1.54) is 0 Å². The highest BCUT2D eigenvalue weighted by Gasteiger charge is 2.20. The largest absolute Gasteiger partial charge is 0.285 e. The second kappa shape index (κ2) is 8.37. The van der Waals surface area contributed by atoms with Gasteiger partial charge in [0.15, 0.2) is 5.13 Å². The lowest BCUT2D eigenvalue weighted by Gasteiger charge is -2.19. The SMILES string of the molecule is O=C(CSc1ccccc1)N(CCn1cccn1)c1nc2ccccc2s1. The van der Waals surface area contributed by atoms with Crippen LogP contribution in [0.4, 0.5) is 5.13 Å². The summed E-state index contributed by atoms with van der Waals surface area (Å²) in [6.45, 7) is 1.17. The number of hydrogen-bond donors (Lipinski definition) is 0. The normalized spacial score (nSPS) is 11.0. The molecule has 0 fully saturated rings. The molecule has 27 heavy (non-hydrogen) atoms. The number of aromatic nitrogens is 3. The van der Waals surface area contributed by atoms with Crippen LogP contribution < -0.4 is 4.90 Å². The summed E-state index contributed by atoms with van der Waals surface area (Å²) < 4.78 is 2.91. The van der Waals surface area contributed by atoms with Crippen molar-refractivity contribution in [3.05, 3.63) is 73.1 Å². The Morgan fingerprint density at radius 3 is 2.67 bits per heavy atom. The highest BCUT2D eigenvalue weighted by atomic mass is 32.2. The summed E-state index contributed by atoms with van der Waals surface area (Å²) in [7, 11) is 0. The number of hydrogen-bond acceptors (Lipinski definition) is 5. The molecular weight excluding hydrogens is 376 g/mol. The molecular formula is C20H18N4OS2. The Balaban J connectivity index is 1.53. The number of thioether (sulfide) groups is 1. The van der Waals surface area contributed by atoms with Gasteiger partial charge in [-0.1, -0.05) is 41.7 Å². The zero-order valence-electron chi connectivity index (χ0n) is 14.6. The molecule has 2 aromatic carbocycles. The fourth-order valence-electron chi connectivity index (χ4n) is 2.68. The van der Waals surface area contributed by atoms with Gasteiger partial charge in [-0.3, -0.25) is 14.4 Å². The molecule has 0 aliphatic rings. The Kier molecular flexibility index (Phi) is 5.50. The first-order valence-corrected chi connectivity index (χ1v) is 10.4.